The molecule has 0 fully saturated rings. The highest BCUT2D eigenvalue weighted by Gasteiger charge is 2.01. The Balaban J connectivity index is 1.89. The second-order valence-electron chi connectivity index (χ2n) is 6.58. The number of aryl methyl sites for hydroxylation is 1. The minimum atomic E-state index is 0.637. The highest BCUT2D eigenvalue weighted by molar-refractivity contribution is 5.63. The summed E-state index contributed by atoms with van der Waals surface area (Å²) in [5.41, 5.74) is 7.83. The quantitative estimate of drug-likeness (QED) is 0.425. The van der Waals surface area contributed by atoms with E-state index in [-0.39, 0.29) is 0 Å². The molecule has 0 saturated heterocycles. The lowest BCUT2D eigenvalue weighted by molar-refractivity contribution is 1.05. The number of hydrogen-bond acceptors (Lipinski definition) is 1. The van der Waals surface area contributed by atoms with Crippen LogP contribution >= 0.6 is 0 Å². The van der Waals surface area contributed by atoms with Crippen molar-refractivity contribution in [2.45, 2.75) is 33.1 Å². The normalized spacial score (nSPS) is 10.9. The summed E-state index contributed by atoms with van der Waals surface area (Å²) in [6.45, 7) is 12.5. The van der Waals surface area contributed by atoms with Gasteiger partial charge in [-0.05, 0) is 61.1 Å². The van der Waals surface area contributed by atoms with Crippen LogP contribution in [0.2, 0.25) is 0 Å². The molecule has 0 bridgehead atoms. The topological polar surface area (TPSA) is 12.0 Å². The molecule has 0 unspecified atom stereocenters. The zero-order valence-electron chi connectivity index (χ0n) is 15.8. The number of anilines is 1. The summed E-state index contributed by atoms with van der Waals surface area (Å²) in [6, 6.07) is 16.7. The van der Waals surface area contributed by atoms with Crippen molar-refractivity contribution in [3.05, 3.63) is 95.7 Å². The van der Waals surface area contributed by atoms with Gasteiger partial charge in [-0.3, -0.25) is 0 Å². The van der Waals surface area contributed by atoms with Crippen LogP contribution in [0.25, 0.3) is 5.57 Å². The van der Waals surface area contributed by atoms with Crippen molar-refractivity contribution in [3.63, 3.8) is 0 Å². The first-order chi connectivity index (χ1) is 12.5. The predicted molar refractivity (Wildman–Crippen MR) is 115 cm³/mol. The molecule has 1 heteroatoms. The van der Waals surface area contributed by atoms with E-state index in [1.807, 2.05) is 18.2 Å². The average Bonchev–Trinajstić information content (AvgIpc) is 2.62. The fraction of sp³-hybridized carbons (Fsp3) is 0.200. The molecule has 0 aliphatic carbocycles. The van der Waals surface area contributed by atoms with Gasteiger partial charge in [0.25, 0.3) is 0 Å². The fourth-order valence-electron chi connectivity index (χ4n) is 2.67. The van der Waals surface area contributed by atoms with E-state index in [9.17, 15) is 0 Å². The first kappa shape index (κ1) is 19.3. The zero-order chi connectivity index (χ0) is 18.9. The van der Waals surface area contributed by atoms with Gasteiger partial charge >= 0.3 is 0 Å². The van der Waals surface area contributed by atoms with E-state index in [0.717, 1.165) is 40.9 Å². The first-order valence-electron chi connectivity index (χ1n) is 8.90. The van der Waals surface area contributed by atoms with Gasteiger partial charge in [-0.1, -0.05) is 61.2 Å². The molecule has 2 rings (SSSR count). The third-order valence-corrected chi connectivity index (χ3v) is 4.36. The summed E-state index contributed by atoms with van der Waals surface area (Å²) in [6.07, 6.45) is 10.1. The molecule has 0 aromatic heterocycles. The van der Waals surface area contributed by atoms with Crippen molar-refractivity contribution in [2.24, 2.45) is 0 Å². The van der Waals surface area contributed by atoms with Crippen molar-refractivity contribution in [1.29, 1.82) is 0 Å². The number of benzene rings is 2. The molecule has 132 valence electrons. The van der Waals surface area contributed by atoms with Gasteiger partial charge in [0.15, 0.2) is 0 Å². The number of rotatable bonds is 8. The van der Waals surface area contributed by atoms with E-state index >= 15 is 0 Å². The molecular formula is C25H27N. The lowest BCUT2D eigenvalue weighted by Gasteiger charge is -2.11. The molecular weight excluding hydrogens is 314 g/mol. The maximum absolute atomic E-state index is 5.38. The summed E-state index contributed by atoms with van der Waals surface area (Å²) < 4.78 is 0. The second-order valence-corrected chi connectivity index (χ2v) is 6.58. The molecule has 0 amide bonds. The van der Waals surface area contributed by atoms with Crippen LogP contribution in [0, 0.1) is 19.3 Å². The van der Waals surface area contributed by atoms with Crippen molar-refractivity contribution in [1.82, 2.24) is 0 Å². The number of hydrogen-bond donors (Lipinski definition) is 1. The second kappa shape index (κ2) is 9.49. The molecule has 1 N–H and O–H groups in total. The minimum Gasteiger partial charge on any atom is -0.356 e. The standard InChI is InChI=1S/C25H27N/c1-6-9-23-12-8-13-25(18-23)26-22(5)20(3)10-7-11-21(4)24-16-14-19(2)15-17-24/h1,8,10,12-18,26H,4-5,7,9,11H2,2-3H3/b20-10+. The van der Waals surface area contributed by atoms with Crippen LogP contribution in [0.3, 0.4) is 0 Å². The summed E-state index contributed by atoms with van der Waals surface area (Å²) in [4.78, 5) is 0. The van der Waals surface area contributed by atoms with Crippen LogP contribution < -0.4 is 5.32 Å². The highest BCUT2D eigenvalue weighted by Crippen LogP contribution is 2.21. The van der Waals surface area contributed by atoms with Gasteiger partial charge in [0.2, 0.25) is 0 Å². The van der Waals surface area contributed by atoms with Crippen LogP contribution in [0.4, 0.5) is 5.69 Å². The van der Waals surface area contributed by atoms with Gasteiger partial charge in [-0.25, -0.2) is 0 Å². The molecule has 2 aromatic carbocycles. The van der Waals surface area contributed by atoms with Gasteiger partial charge in [0, 0.05) is 17.8 Å². The largest absolute Gasteiger partial charge is 0.356 e. The average molecular weight is 341 g/mol. The molecule has 26 heavy (non-hydrogen) atoms. The van der Waals surface area contributed by atoms with E-state index < -0.39 is 0 Å². The predicted octanol–water partition coefficient (Wildman–Crippen LogP) is 6.54. The molecule has 1 nitrogen and oxygen atoms in total. The van der Waals surface area contributed by atoms with Crippen LogP contribution in [-0.2, 0) is 6.42 Å². The zero-order valence-corrected chi connectivity index (χ0v) is 15.8. The number of terminal acetylenes is 1. The van der Waals surface area contributed by atoms with E-state index in [1.165, 1.54) is 11.1 Å². The van der Waals surface area contributed by atoms with E-state index in [2.05, 4.69) is 74.7 Å². The van der Waals surface area contributed by atoms with Crippen LogP contribution in [-0.4, -0.2) is 0 Å². The molecule has 0 heterocycles. The van der Waals surface area contributed by atoms with Crippen molar-refractivity contribution >= 4 is 11.3 Å². The first-order valence-corrected chi connectivity index (χ1v) is 8.90. The molecule has 0 radical (unpaired) electrons. The Kier molecular flexibility index (Phi) is 7.06. The number of allylic oxidation sites excluding steroid dienone is 3. The fourth-order valence-corrected chi connectivity index (χ4v) is 2.67. The van der Waals surface area contributed by atoms with Gasteiger partial charge in [0.1, 0.15) is 0 Å². The Labute approximate surface area is 158 Å². The Morgan fingerprint density at radius 2 is 1.88 bits per heavy atom. The van der Waals surface area contributed by atoms with Gasteiger partial charge in [-0.2, -0.15) is 0 Å². The van der Waals surface area contributed by atoms with E-state index in [1.54, 1.807) is 0 Å². The summed E-state index contributed by atoms with van der Waals surface area (Å²) in [5, 5.41) is 3.36. The summed E-state index contributed by atoms with van der Waals surface area (Å²) in [5.74, 6) is 2.67. The molecule has 0 aliphatic heterocycles. The molecule has 0 aliphatic rings. The Morgan fingerprint density at radius 3 is 2.58 bits per heavy atom. The van der Waals surface area contributed by atoms with E-state index in [0.29, 0.717) is 6.42 Å². The maximum atomic E-state index is 5.38. The van der Waals surface area contributed by atoms with Crippen LogP contribution in [0.15, 0.2) is 79.0 Å². The Morgan fingerprint density at radius 1 is 1.15 bits per heavy atom. The maximum Gasteiger partial charge on any atom is 0.0387 e. The Hall–Kier alpha value is -2.98. The van der Waals surface area contributed by atoms with Crippen LogP contribution in [0.5, 0.6) is 0 Å². The van der Waals surface area contributed by atoms with Gasteiger partial charge in [0.05, 0.1) is 0 Å². The highest BCUT2D eigenvalue weighted by atomic mass is 14.9. The third kappa shape index (κ3) is 5.83. The molecule has 0 saturated carbocycles. The monoisotopic (exact) mass is 341 g/mol. The summed E-state index contributed by atoms with van der Waals surface area (Å²) >= 11 is 0. The number of nitrogens with one attached hydrogen (secondary N) is 1. The minimum absolute atomic E-state index is 0.637. The Bertz CT molecular complexity index is 844. The van der Waals surface area contributed by atoms with Crippen molar-refractivity contribution in [3.8, 4) is 12.3 Å². The van der Waals surface area contributed by atoms with Crippen LogP contribution in [0.1, 0.15) is 36.5 Å². The molecule has 2 aromatic rings. The SMILES string of the molecule is C#CCc1cccc(NC(=C)/C(C)=C/CCC(=C)c2ccc(C)cc2)c1. The summed E-state index contributed by atoms with van der Waals surface area (Å²) in [7, 11) is 0. The lowest BCUT2D eigenvalue weighted by atomic mass is 10.0. The van der Waals surface area contributed by atoms with Gasteiger partial charge < -0.3 is 5.32 Å². The van der Waals surface area contributed by atoms with Crippen molar-refractivity contribution < 1.29 is 0 Å². The molecule has 0 spiro atoms. The lowest BCUT2D eigenvalue weighted by Crippen LogP contribution is -2.00. The smallest absolute Gasteiger partial charge is 0.0387 e. The third-order valence-electron chi connectivity index (χ3n) is 4.36. The van der Waals surface area contributed by atoms with E-state index in [4.69, 9.17) is 6.42 Å². The molecule has 0 atom stereocenters. The van der Waals surface area contributed by atoms with Gasteiger partial charge in [-0.15, -0.1) is 12.3 Å². The van der Waals surface area contributed by atoms with Crippen molar-refractivity contribution in [2.75, 3.05) is 5.32 Å².